The van der Waals surface area contributed by atoms with Gasteiger partial charge in [-0.3, -0.25) is 9.48 Å². The molecule has 3 heterocycles. The first-order valence-electron chi connectivity index (χ1n) is 9.60. The highest BCUT2D eigenvalue weighted by Gasteiger charge is 2.33. The van der Waals surface area contributed by atoms with E-state index in [4.69, 9.17) is 0 Å². The number of halogens is 1. The molecule has 1 aliphatic rings. The van der Waals surface area contributed by atoms with E-state index in [1.165, 1.54) is 12.1 Å². The van der Waals surface area contributed by atoms with Crippen LogP contribution in [-0.4, -0.2) is 45.0 Å². The second kappa shape index (κ2) is 7.98. The van der Waals surface area contributed by atoms with Gasteiger partial charge in [0.1, 0.15) is 5.82 Å². The summed E-state index contributed by atoms with van der Waals surface area (Å²) < 4.78 is 15.3. The molecule has 4 rings (SSSR count). The Balaban J connectivity index is 1.56. The molecule has 29 heavy (non-hydrogen) atoms. The van der Waals surface area contributed by atoms with Crippen LogP contribution in [0.4, 0.5) is 10.2 Å². The van der Waals surface area contributed by atoms with Crippen LogP contribution in [0.15, 0.2) is 48.8 Å². The summed E-state index contributed by atoms with van der Waals surface area (Å²) in [6, 6.07) is 9.57. The second-order valence-electron chi connectivity index (χ2n) is 7.41. The fraction of sp³-hybridized carbons (Fsp3) is 0.333. The molecule has 0 spiro atoms. The van der Waals surface area contributed by atoms with Crippen molar-refractivity contribution in [2.75, 3.05) is 18.0 Å². The van der Waals surface area contributed by atoms with Gasteiger partial charge in [0, 0.05) is 43.9 Å². The highest BCUT2D eigenvalue weighted by molar-refractivity contribution is 5.94. The fourth-order valence-electron chi connectivity index (χ4n) is 3.74. The van der Waals surface area contributed by atoms with E-state index in [-0.39, 0.29) is 17.9 Å². The van der Waals surface area contributed by atoms with Crippen molar-refractivity contribution < 1.29 is 9.18 Å². The highest BCUT2D eigenvalue weighted by atomic mass is 19.1. The minimum Gasteiger partial charge on any atom is -0.354 e. The van der Waals surface area contributed by atoms with Crippen molar-refractivity contribution in [3.63, 3.8) is 0 Å². The number of rotatable bonds is 4. The van der Waals surface area contributed by atoms with E-state index >= 15 is 0 Å². The van der Waals surface area contributed by atoms with E-state index in [0.717, 1.165) is 30.0 Å². The number of carbonyl (C=O) groups excluding carboxylic acids is 1. The Labute approximate surface area is 168 Å². The van der Waals surface area contributed by atoms with E-state index < -0.39 is 5.82 Å². The Kier molecular flexibility index (Phi) is 5.24. The van der Waals surface area contributed by atoms with Crippen molar-refractivity contribution in [2.24, 2.45) is 7.05 Å². The predicted molar refractivity (Wildman–Crippen MR) is 107 cm³/mol. The quantitative estimate of drug-likeness (QED) is 0.736. The number of carbonyl (C=O) groups is 1. The van der Waals surface area contributed by atoms with Crippen LogP contribution >= 0.6 is 0 Å². The Hall–Kier alpha value is -3.29. The first-order chi connectivity index (χ1) is 14.0. The third kappa shape index (κ3) is 4.26. The molecule has 3 aromatic rings. The Morgan fingerprint density at radius 2 is 2.10 bits per heavy atom. The fourth-order valence-corrected chi connectivity index (χ4v) is 3.74. The van der Waals surface area contributed by atoms with Crippen molar-refractivity contribution >= 4 is 11.7 Å². The van der Waals surface area contributed by atoms with Crippen LogP contribution in [0.3, 0.4) is 0 Å². The predicted octanol–water partition coefficient (Wildman–Crippen LogP) is 2.45. The second-order valence-corrected chi connectivity index (χ2v) is 7.41. The zero-order valence-corrected chi connectivity index (χ0v) is 16.4. The lowest BCUT2D eigenvalue weighted by molar-refractivity contribution is 0.0925. The van der Waals surface area contributed by atoms with Crippen LogP contribution in [0.2, 0.25) is 0 Å². The monoisotopic (exact) mass is 394 g/mol. The zero-order valence-electron chi connectivity index (χ0n) is 16.4. The van der Waals surface area contributed by atoms with E-state index in [1.54, 1.807) is 16.8 Å². The average Bonchev–Trinajstić information content (AvgIpc) is 3.15. The summed E-state index contributed by atoms with van der Waals surface area (Å²) in [7, 11) is 1.87. The smallest absolute Gasteiger partial charge is 0.251 e. The van der Waals surface area contributed by atoms with Crippen LogP contribution in [-0.2, 0) is 7.05 Å². The average molecular weight is 394 g/mol. The van der Waals surface area contributed by atoms with Gasteiger partial charge < -0.3 is 10.2 Å². The normalized spacial score (nSPS) is 19.2. The minimum absolute atomic E-state index is 0.0260. The van der Waals surface area contributed by atoms with Crippen molar-refractivity contribution in [1.29, 1.82) is 0 Å². The highest BCUT2D eigenvalue weighted by Crippen LogP contribution is 2.29. The maximum atomic E-state index is 13.5. The number of benzene rings is 1. The van der Waals surface area contributed by atoms with Crippen molar-refractivity contribution in [1.82, 2.24) is 25.3 Å². The van der Waals surface area contributed by atoms with Gasteiger partial charge in [0.15, 0.2) is 5.82 Å². The maximum Gasteiger partial charge on any atom is 0.251 e. The third-order valence-electron chi connectivity index (χ3n) is 5.28. The molecule has 0 bridgehead atoms. The molecule has 1 aromatic carbocycles. The first-order valence-corrected chi connectivity index (χ1v) is 9.60. The van der Waals surface area contributed by atoms with Gasteiger partial charge in [-0.15, -0.1) is 5.10 Å². The molecule has 2 atom stereocenters. The largest absolute Gasteiger partial charge is 0.354 e. The molecule has 2 aromatic heterocycles. The van der Waals surface area contributed by atoms with Crippen LogP contribution in [0.5, 0.6) is 0 Å². The number of aromatic nitrogens is 4. The number of anilines is 1. The maximum absolute atomic E-state index is 13.5. The van der Waals surface area contributed by atoms with Crippen molar-refractivity contribution in [3.8, 4) is 0 Å². The number of hydrogen-bond donors (Lipinski definition) is 1. The van der Waals surface area contributed by atoms with E-state index in [0.29, 0.717) is 12.1 Å². The summed E-state index contributed by atoms with van der Waals surface area (Å²) in [5.41, 5.74) is 2.23. The van der Waals surface area contributed by atoms with E-state index in [9.17, 15) is 9.18 Å². The summed E-state index contributed by atoms with van der Waals surface area (Å²) in [5.74, 6) is 0.152. The van der Waals surface area contributed by atoms with Gasteiger partial charge in [0.05, 0.1) is 11.9 Å². The summed E-state index contributed by atoms with van der Waals surface area (Å²) in [6.07, 6.45) is 4.53. The van der Waals surface area contributed by atoms with E-state index in [2.05, 4.69) is 25.5 Å². The Bertz CT molecular complexity index is 1000. The van der Waals surface area contributed by atoms with Gasteiger partial charge in [0.2, 0.25) is 0 Å². The molecule has 1 saturated heterocycles. The first kappa shape index (κ1) is 19.0. The molecule has 0 aliphatic carbocycles. The lowest BCUT2D eigenvalue weighted by Crippen LogP contribution is -2.50. The molecule has 0 unspecified atom stereocenters. The molecular formula is C21H23FN6O. The number of hydrogen-bond acceptors (Lipinski definition) is 5. The Morgan fingerprint density at radius 1 is 1.24 bits per heavy atom. The molecule has 8 heteroatoms. The molecule has 1 N–H and O–H groups in total. The van der Waals surface area contributed by atoms with Gasteiger partial charge >= 0.3 is 0 Å². The standard InChI is InChI=1S/C21H23FN6O/c1-14-6-7-20(26-25-14)28-9-8-19(18(13-28)16-11-23-27(2)12-16)24-21(29)15-4-3-5-17(22)10-15/h3-7,10-12,18-19H,8-9,13H2,1-2H3,(H,24,29)/t18-,19-/m0/s1. The van der Waals surface area contributed by atoms with Gasteiger partial charge in [-0.1, -0.05) is 6.07 Å². The summed E-state index contributed by atoms with van der Waals surface area (Å²) in [4.78, 5) is 14.9. The molecule has 1 amide bonds. The van der Waals surface area contributed by atoms with Gasteiger partial charge in [0.25, 0.3) is 5.91 Å². The molecule has 1 fully saturated rings. The lowest BCUT2D eigenvalue weighted by Gasteiger charge is -2.39. The van der Waals surface area contributed by atoms with E-state index in [1.807, 2.05) is 38.5 Å². The molecule has 7 nitrogen and oxygen atoms in total. The van der Waals surface area contributed by atoms with Crippen LogP contribution in [0.25, 0.3) is 0 Å². The lowest BCUT2D eigenvalue weighted by atomic mass is 9.87. The van der Waals surface area contributed by atoms with Crippen molar-refractivity contribution in [3.05, 3.63) is 71.4 Å². The third-order valence-corrected chi connectivity index (χ3v) is 5.28. The number of amides is 1. The summed E-state index contributed by atoms with van der Waals surface area (Å²) in [6.45, 7) is 3.32. The summed E-state index contributed by atoms with van der Waals surface area (Å²) in [5, 5.41) is 15.9. The molecule has 0 saturated carbocycles. The number of aryl methyl sites for hydroxylation is 2. The van der Waals surface area contributed by atoms with Gasteiger partial charge in [-0.25, -0.2) is 4.39 Å². The SMILES string of the molecule is Cc1ccc(N2CC[C@H](NC(=O)c3cccc(F)c3)[C@H](c3cnn(C)c3)C2)nn1. The molecule has 1 aliphatic heterocycles. The van der Waals surface area contributed by atoms with Crippen LogP contribution in [0, 0.1) is 12.7 Å². The molecule has 0 radical (unpaired) electrons. The summed E-state index contributed by atoms with van der Waals surface area (Å²) >= 11 is 0. The van der Waals surface area contributed by atoms with Gasteiger partial charge in [-0.2, -0.15) is 10.2 Å². The topological polar surface area (TPSA) is 75.9 Å². The van der Waals surface area contributed by atoms with Crippen LogP contribution < -0.4 is 10.2 Å². The number of nitrogens with one attached hydrogen (secondary N) is 1. The zero-order chi connectivity index (χ0) is 20.4. The van der Waals surface area contributed by atoms with Crippen molar-refractivity contribution in [2.45, 2.75) is 25.3 Å². The minimum atomic E-state index is -0.422. The molecule has 150 valence electrons. The molecular weight excluding hydrogens is 371 g/mol. The van der Waals surface area contributed by atoms with Gasteiger partial charge in [-0.05, 0) is 49.2 Å². The number of nitrogens with zero attached hydrogens (tertiary/aromatic N) is 5. The Morgan fingerprint density at radius 3 is 2.79 bits per heavy atom. The van der Waals surface area contributed by atoms with Crippen LogP contribution in [0.1, 0.15) is 34.0 Å². The number of piperidine rings is 1.